The normalized spacial score (nSPS) is 10.6. The second kappa shape index (κ2) is 7.99. The zero-order valence-electron chi connectivity index (χ0n) is 16.0. The van der Waals surface area contributed by atoms with Gasteiger partial charge < -0.3 is 33.8 Å². The number of hydrogen-bond donors (Lipinski definition) is 2. The number of ether oxygens (including phenoxy) is 5. The Kier molecular flexibility index (Phi) is 5.49. The Morgan fingerprint density at radius 3 is 2.04 bits per heavy atom. The van der Waals surface area contributed by atoms with Crippen LogP contribution in [-0.4, -0.2) is 44.5 Å². The summed E-state index contributed by atoms with van der Waals surface area (Å²) < 4.78 is 27.3. The van der Waals surface area contributed by atoms with E-state index in [9.17, 15) is 4.79 Å². The van der Waals surface area contributed by atoms with Crippen LogP contribution < -0.4 is 23.7 Å². The van der Waals surface area contributed by atoms with Gasteiger partial charge in [-0.15, -0.1) is 0 Å². The Morgan fingerprint density at radius 1 is 0.857 bits per heavy atom. The molecule has 0 saturated heterocycles. The zero-order chi connectivity index (χ0) is 20.3. The van der Waals surface area contributed by atoms with Gasteiger partial charge in [-0.05, 0) is 29.8 Å². The summed E-state index contributed by atoms with van der Waals surface area (Å²) in [6, 6.07) is 8.57. The molecule has 0 saturated carbocycles. The monoisotopic (exact) mass is 387 g/mol. The quantitative estimate of drug-likeness (QED) is 0.610. The average Bonchev–Trinajstić information content (AvgIpc) is 3.13. The molecule has 0 spiro atoms. The Labute approximate surface area is 161 Å². The van der Waals surface area contributed by atoms with E-state index in [1.54, 1.807) is 51.7 Å². The number of benzene rings is 2. The molecule has 0 atom stereocenters. The van der Waals surface area contributed by atoms with Crippen molar-refractivity contribution < 1.29 is 33.6 Å². The lowest BCUT2D eigenvalue weighted by molar-refractivity contribution is 0.0691. The van der Waals surface area contributed by atoms with Gasteiger partial charge in [0.2, 0.25) is 5.75 Å². The maximum Gasteiger partial charge on any atom is 0.352 e. The number of methoxy groups -OCH3 is 4. The van der Waals surface area contributed by atoms with Crippen LogP contribution >= 0.6 is 0 Å². The molecule has 0 radical (unpaired) electrons. The number of aromatic nitrogens is 1. The molecule has 0 amide bonds. The average molecular weight is 387 g/mol. The number of carboxylic acids is 1. The van der Waals surface area contributed by atoms with Crippen LogP contribution in [0.3, 0.4) is 0 Å². The van der Waals surface area contributed by atoms with E-state index in [2.05, 4.69) is 4.98 Å². The summed E-state index contributed by atoms with van der Waals surface area (Å²) in [7, 11) is 6.16. The molecule has 8 nitrogen and oxygen atoms in total. The van der Waals surface area contributed by atoms with E-state index in [1.807, 2.05) is 0 Å². The Balaban J connectivity index is 1.91. The molecule has 3 rings (SSSR count). The van der Waals surface area contributed by atoms with Crippen molar-refractivity contribution in [3.05, 3.63) is 41.6 Å². The Hall–Kier alpha value is -3.55. The summed E-state index contributed by atoms with van der Waals surface area (Å²) in [5.74, 6) is 1.49. The summed E-state index contributed by atoms with van der Waals surface area (Å²) >= 11 is 0. The van der Waals surface area contributed by atoms with Crippen LogP contribution in [-0.2, 0) is 6.61 Å². The SMILES string of the molecule is COc1cc2[nH]c(C(=O)O)cc2cc1OCc1cc(OC)c(OC)c(OC)c1. The number of carbonyl (C=O) groups is 1. The molecule has 28 heavy (non-hydrogen) atoms. The first-order valence-corrected chi connectivity index (χ1v) is 8.36. The molecule has 0 bridgehead atoms. The first-order chi connectivity index (χ1) is 13.5. The Bertz CT molecular complexity index is 984. The van der Waals surface area contributed by atoms with Gasteiger partial charge in [0.05, 0.1) is 34.0 Å². The molecule has 0 fully saturated rings. The minimum Gasteiger partial charge on any atom is -0.493 e. The topological polar surface area (TPSA) is 99.2 Å². The Morgan fingerprint density at radius 2 is 1.50 bits per heavy atom. The van der Waals surface area contributed by atoms with Crippen LogP contribution in [0.4, 0.5) is 0 Å². The lowest BCUT2D eigenvalue weighted by atomic mass is 10.2. The van der Waals surface area contributed by atoms with Crippen LogP contribution in [0.1, 0.15) is 16.1 Å². The molecule has 0 aliphatic carbocycles. The summed E-state index contributed by atoms with van der Waals surface area (Å²) in [6.45, 7) is 0.217. The maximum absolute atomic E-state index is 11.2. The van der Waals surface area contributed by atoms with Crippen molar-refractivity contribution in [2.45, 2.75) is 6.61 Å². The number of nitrogens with one attached hydrogen (secondary N) is 1. The van der Waals surface area contributed by atoms with Gasteiger partial charge in [-0.25, -0.2) is 4.79 Å². The molecule has 8 heteroatoms. The lowest BCUT2D eigenvalue weighted by Gasteiger charge is -2.15. The van der Waals surface area contributed by atoms with E-state index in [4.69, 9.17) is 28.8 Å². The van der Waals surface area contributed by atoms with E-state index < -0.39 is 5.97 Å². The molecular formula is C20H21NO7. The van der Waals surface area contributed by atoms with Gasteiger partial charge >= 0.3 is 5.97 Å². The molecule has 0 unspecified atom stereocenters. The molecule has 148 valence electrons. The number of hydrogen-bond acceptors (Lipinski definition) is 6. The summed E-state index contributed by atoms with van der Waals surface area (Å²) in [5.41, 5.74) is 1.55. The predicted octanol–water partition coefficient (Wildman–Crippen LogP) is 3.48. The third-order valence-corrected chi connectivity index (χ3v) is 4.25. The fraction of sp³-hybridized carbons (Fsp3) is 0.250. The van der Waals surface area contributed by atoms with Gasteiger partial charge in [0.1, 0.15) is 12.3 Å². The van der Waals surface area contributed by atoms with Crippen molar-refractivity contribution >= 4 is 16.9 Å². The number of aromatic amines is 1. The highest BCUT2D eigenvalue weighted by Crippen LogP contribution is 2.39. The number of H-pyrrole nitrogens is 1. The van der Waals surface area contributed by atoms with Crippen LogP contribution in [0.2, 0.25) is 0 Å². The third-order valence-electron chi connectivity index (χ3n) is 4.25. The smallest absolute Gasteiger partial charge is 0.352 e. The van der Waals surface area contributed by atoms with Crippen molar-refractivity contribution in [1.82, 2.24) is 4.98 Å². The molecule has 0 aliphatic heterocycles. The van der Waals surface area contributed by atoms with Crippen molar-refractivity contribution in [3.8, 4) is 28.7 Å². The van der Waals surface area contributed by atoms with Gasteiger partial charge in [0.15, 0.2) is 23.0 Å². The van der Waals surface area contributed by atoms with Gasteiger partial charge in [-0.3, -0.25) is 0 Å². The van der Waals surface area contributed by atoms with Gasteiger partial charge in [-0.1, -0.05) is 0 Å². The fourth-order valence-corrected chi connectivity index (χ4v) is 2.91. The highest BCUT2D eigenvalue weighted by molar-refractivity contribution is 5.94. The van der Waals surface area contributed by atoms with E-state index in [0.29, 0.717) is 39.7 Å². The first kappa shape index (κ1) is 19.2. The van der Waals surface area contributed by atoms with E-state index >= 15 is 0 Å². The highest BCUT2D eigenvalue weighted by atomic mass is 16.5. The van der Waals surface area contributed by atoms with Crippen LogP contribution in [0.5, 0.6) is 28.7 Å². The summed E-state index contributed by atoms with van der Waals surface area (Å²) in [6.07, 6.45) is 0. The van der Waals surface area contributed by atoms with Crippen LogP contribution in [0.25, 0.3) is 10.9 Å². The van der Waals surface area contributed by atoms with E-state index in [-0.39, 0.29) is 12.3 Å². The minimum absolute atomic E-state index is 0.0961. The van der Waals surface area contributed by atoms with Gasteiger partial charge in [0, 0.05) is 11.5 Å². The molecule has 1 aromatic heterocycles. The van der Waals surface area contributed by atoms with Crippen molar-refractivity contribution in [1.29, 1.82) is 0 Å². The number of carboxylic acid groups (broad SMARTS) is 1. The molecule has 2 N–H and O–H groups in total. The highest BCUT2D eigenvalue weighted by Gasteiger charge is 2.15. The lowest BCUT2D eigenvalue weighted by Crippen LogP contribution is -2.01. The van der Waals surface area contributed by atoms with E-state index in [1.165, 1.54) is 7.11 Å². The zero-order valence-corrected chi connectivity index (χ0v) is 16.0. The standard InChI is InChI=1S/C20H21NO7/c1-24-15-9-13-12(7-14(21-13)20(22)23)8-16(15)28-10-11-5-17(25-2)19(27-4)18(6-11)26-3/h5-9,21H,10H2,1-4H3,(H,22,23). The van der Waals surface area contributed by atoms with Crippen molar-refractivity contribution in [3.63, 3.8) is 0 Å². The third kappa shape index (κ3) is 3.62. The molecule has 1 heterocycles. The van der Waals surface area contributed by atoms with Crippen molar-refractivity contribution in [2.75, 3.05) is 28.4 Å². The molecule has 0 aliphatic rings. The van der Waals surface area contributed by atoms with Gasteiger partial charge in [-0.2, -0.15) is 0 Å². The summed E-state index contributed by atoms with van der Waals surface area (Å²) in [4.78, 5) is 14.0. The largest absolute Gasteiger partial charge is 0.493 e. The number of rotatable bonds is 8. The molecule has 3 aromatic rings. The van der Waals surface area contributed by atoms with Gasteiger partial charge in [0.25, 0.3) is 0 Å². The van der Waals surface area contributed by atoms with E-state index in [0.717, 1.165) is 5.56 Å². The molecule has 2 aromatic carbocycles. The van der Waals surface area contributed by atoms with Crippen molar-refractivity contribution in [2.24, 2.45) is 0 Å². The second-order valence-corrected chi connectivity index (χ2v) is 5.90. The number of fused-ring (bicyclic) bond motifs is 1. The fourth-order valence-electron chi connectivity index (χ4n) is 2.91. The second-order valence-electron chi connectivity index (χ2n) is 5.90. The molecular weight excluding hydrogens is 366 g/mol. The maximum atomic E-state index is 11.2. The minimum atomic E-state index is -1.03. The summed E-state index contributed by atoms with van der Waals surface area (Å²) in [5, 5.41) is 9.85. The van der Waals surface area contributed by atoms with Crippen LogP contribution in [0.15, 0.2) is 30.3 Å². The predicted molar refractivity (Wildman–Crippen MR) is 102 cm³/mol. The first-order valence-electron chi connectivity index (χ1n) is 8.36. The van der Waals surface area contributed by atoms with Crippen LogP contribution in [0, 0.1) is 0 Å². The number of aromatic carboxylic acids is 1.